The molecule has 8 heteroatoms. The zero-order chi connectivity index (χ0) is 18.0. The van der Waals surface area contributed by atoms with Gasteiger partial charge in [0.05, 0.1) is 5.56 Å². The third-order valence-electron chi connectivity index (χ3n) is 3.10. The van der Waals surface area contributed by atoms with Crippen LogP contribution in [0.5, 0.6) is 5.75 Å². The highest BCUT2D eigenvalue weighted by Gasteiger charge is 2.40. The number of rotatable bonds is 4. The molecule has 0 heterocycles. The van der Waals surface area contributed by atoms with Crippen LogP contribution in [-0.2, 0) is 12.8 Å². The zero-order valence-electron chi connectivity index (χ0n) is 11.9. The second kappa shape index (κ2) is 6.54. The van der Waals surface area contributed by atoms with E-state index in [1.54, 1.807) is 0 Å². The highest BCUT2D eigenvalue weighted by Crippen LogP contribution is 2.30. The summed E-state index contributed by atoms with van der Waals surface area (Å²) < 4.78 is 80.1. The lowest BCUT2D eigenvalue weighted by Crippen LogP contribution is -2.24. The van der Waals surface area contributed by atoms with Crippen molar-refractivity contribution in [1.29, 1.82) is 0 Å². The Balaban J connectivity index is 2.14. The van der Waals surface area contributed by atoms with Gasteiger partial charge in [-0.15, -0.1) is 0 Å². The van der Waals surface area contributed by atoms with Crippen LogP contribution >= 0.6 is 0 Å². The Labute approximate surface area is 132 Å². The van der Waals surface area contributed by atoms with Crippen molar-refractivity contribution < 1.29 is 35.9 Å². The number of carbonyl (C=O) groups is 1. The van der Waals surface area contributed by atoms with Gasteiger partial charge in [0.1, 0.15) is 12.4 Å². The molecule has 2 rings (SSSR count). The first kappa shape index (κ1) is 17.8. The predicted molar refractivity (Wildman–Crippen MR) is 72.6 cm³/mol. The van der Waals surface area contributed by atoms with Crippen molar-refractivity contribution in [2.24, 2.45) is 0 Å². The maximum absolute atomic E-state index is 12.5. The van der Waals surface area contributed by atoms with Gasteiger partial charge in [-0.1, -0.05) is 24.3 Å². The molecule has 2 aromatic rings. The quantitative estimate of drug-likeness (QED) is 0.572. The average molecular weight is 348 g/mol. The summed E-state index contributed by atoms with van der Waals surface area (Å²) >= 11 is 0. The molecular weight excluding hydrogens is 338 g/mol. The number of alkyl halides is 6. The molecule has 0 N–H and O–H groups in total. The van der Waals surface area contributed by atoms with Crippen LogP contribution in [0.15, 0.2) is 48.5 Å². The Hall–Kier alpha value is -2.51. The molecule has 0 radical (unpaired) electrons. The largest absolute Gasteiger partial charge is 0.489 e. The topological polar surface area (TPSA) is 26.3 Å². The number of ether oxygens (including phenoxy) is 1. The number of ketones is 1. The summed E-state index contributed by atoms with van der Waals surface area (Å²) in [4.78, 5) is 11.3. The van der Waals surface area contributed by atoms with Crippen molar-refractivity contribution in [2.75, 3.05) is 0 Å². The van der Waals surface area contributed by atoms with Crippen LogP contribution in [0.3, 0.4) is 0 Å². The maximum atomic E-state index is 12.5. The van der Waals surface area contributed by atoms with Crippen molar-refractivity contribution in [3.8, 4) is 5.75 Å². The molecule has 0 spiro atoms. The Kier molecular flexibility index (Phi) is 4.86. The maximum Gasteiger partial charge on any atom is 0.454 e. The van der Waals surface area contributed by atoms with Gasteiger partial charge in [0, 0.05) is 11.1 Å². The molecule has 0 aromatic heterocycles. The van der Waals surface area contributed by atoms with Gasteiger partial charge in [-0.05, 0) is 24.3 Å². The molecule has 128 valence electrons. The van der Waals surface area contributed by atoms with Gasteiger partial charge in [-0.2, -0.15) is 26.3 Å². The molecule has 2 nitrogen and oxygen atoms in total. The summed E-state index contributed by atoms with van der Waals surface area (Å²) in [6.07, 6.45) is -9.52. The van der Waals surface area contributed by atoms with Crippen molar-refractivity contribution in [3.05, 3.63) is 65.2 Å². The van der Waals surface area contributed by atoms with Crippen molar-refractivity contribution in [1.82, 2.24) is 0 Å². The van der Waals surface area contributed by atoms with Crippen LogP contribution in [-0.4, -0.2) is 12.0 Å². The minimum Gasteiger partial charge on any atom is -0.489 e. The Bertz CT molecular complexity index is 717. The van der Waals surface area contributed by atoms with Crippen LogP contribution in [0.25, 0.3) is 0 Å². The smallest absolute Gasteiger partial charge is 0.454 e. The standard InChI is InChI=1S/C16H10F6O2/c17-15(18,19)11-5-7-12(8-6-11)24-9-10-3-1-2-4-13(10)14(23)16(20,21)22/h1-8H,9H2. The van der Waals surface area contributed by atoms with Gasteiger partial charge < -0.3 is 4.74 Å². The highest BCUT2D eigenvalue weighted by atomic mass is 19.4. The summed E-state index contributed by atoms with van der Waals surface area (Å²) in [7, 11) is 0. The number of halogens is 6. The Morgan fingerprint density at radius 3 is 2.00 bits per heavy atom. The van der Waals surface area contributed by atoms with E-state index in [9.17, 15) is 31.1 Å². The van der Waals surface area contributed by atoms with Gasteiger partial charge in [0.15, 0.2) is 0 Å². The van der Waals surface area contributed by atoms with Gasteiger partial charge in [0.25, 0.3) is 5.78 Å². The van der Waals surface area contributed by atoms with E-state index in [1.807, 2.05) is 0 Å². The molecular formula is C16H10F6O2. The normalized spacial score (nSPS) is 12.1. The molecule has 0 aliphatic rings. The van der Waals surface area contributed by atoms with Gasteiger partial charge in [-0.3, -0.25) is 4.79 Å². The van der Waals surface area contributed by atoms with Crippen LogP contribution in [0.1, 0.15) is 21.5 Å². The average Bonchev–Trinajstić information content (AvgIpc) is 2.51. The number of carbonyl (C=O) groups excluding carboxylic acids is 1. The molecule has 0 saturated carbocycles. The fourth-order valence-corrected chi connectivity index (χ4v) is 1.92. The van der Waals surface area contributed by atoms with E-state index < -0.39 is 29.3 Å². The minimum atomic E-state index is -5.02. The molecule has 0 saturated heterocycles. The molecule has 0 atom stereocenters. The molecule has 0 aliphatic heterocycles. The van der Waals surface area contributed by atoms with Gasteiger partial charge in [0.2, 0.25) is 0 Å². The van der Waals surface area contributed by atoms with E-state index in [2.05, 4.69) is 0 Å². The molecule has 0 unspecified atom stereocenters. The molecule has 2 aromatic carbocycles. The summed E-state index contributed by atoms with van der Waals surface area (Å²) in [5.74, 6) is -1.97. The summed E-state index contributed by atoms with van der Waals surface area (Å²) in [6.45, 7) is -0.386. The van der Waals surface area contributed by atoms with E-state index in [-0.39, 0.29) is 17.9 Å². The van der Waals surface area contributed by atoms with Crippen molar-refractivity contribution in [2.45, 2.75) is 19.0 Å². The first-order chi connectivity index (χ1) is 11.1. The lowest BCUT2D eigenvalue weighted by Gasteiger charge is -2.12. The number of hydrogen-bond donors (Lipinski definition) is 0. The van der Waals surface area contributed by atoms with Gasteiger partial charge >= 0.3 is 12.4 Å². The monoisotopic (exact) mass is 348 g/mol. The summed E-state index contributed by atoms with van der Waals surface area (Å²) in [6, 6.07) is 8.70. The van der Waals surface area contributed by atoms with Crippen LogP contribution in [0.2, 0.25) is 0 Å². The van der Waals surface area contributed by atoms with Gasteiger partial charge in [-0.25, -0.2) is 0 Å². The fraction of sp³-hybridized carbons (Fsp3) is 0.188. The van der Waals surface area contributed by atoms with E-state index in [1.165, 1.54) is 18.2 Å². The third-order valence-corrected chi connectivity index (χ3v) is 3.10. The van der Waals surface area contributed by atoms with E-state index >= 15 is 0 Å². The molecule has 0 aliphatic carbocycles. The fourth-order valence-electron chi connectivity index (χ4n) is 1.92. The third kappa shape index (κ3) is 4.27. The second-order valence-corrected chi connectivity index (χ2v) is 4.79. The second-order valence-electron chi connectivity index (χ2n) is 4.79. The molecule has 0 fully saturated rings. The van der Waals surface area contributed by atoms with Crippen LogP contribution < -0.4 is 4.74 Å². The minimum absolute atomic E-state index is 0.0141. The molecule has 0 bridgehead atoms. The number of Topliss-reactive ketones (excluding diaryl/α,β-unsaturated/α-hetero) is 1. The Morgan fingerprint density at radius 1 is 0.875 bits per heavy atom. The lowest BCUT2D eigenvalue weighted by molar-refractivity contribution is -0.137. The molecule has 0 amide bonds. The van der Waals surface area contributed by atoms with Crippen LogP contribution in [0, 0.1) is 0 Å². The van der Waals surface area contributed by atoms with Crippen molar-refractivity contribution >= 4 is 5.78 Å². The first-order valence-electron chi connectivity index (χ1n) is 6.58. The van der Waals surface area contributed by atoms with E-state index in [0.717, 1.165) is 30.3 Å². The SMILES string of the molecule is O=C(c1ccccc1COc1ccc(C(F)(F)F)cc1)C(F)(F)F. The zero-order valence-corrected chi connectivity index (χ0v) is 11.9. The lowest BCUT2D eigenvalue weighted by atomic mass is 10.0. The first-order valence-corrected chi connectivity index (χ1v) is 6.58. The Morgan fingerprint density at radius 2 is 1.46 bits per heavy atom. The molecule has 24 heavy (non-hydrogen) atoms. The number of benzene rings is 2. The van der Waals surface area contributed by atoms with Crippen molar-refractivity contribution in [3.63, 3.8) is 0 Å². The number of hydrogen-bond acceptors (Lipinski definition) is 2. The van der Waals surface area contributed by atoms with E-state index in [4.69, 9.17) is 4.74 Å². The predicted octanol–water partition coefficient (Wildman–Crippen LogP) is 5.03. The highest BCUT2D eigenvalue weighted by molar-refractivity contribution is 6.01. The van der Waals surface area contributed by atoms with Crippen LogP contribution in [0.4, 0.5) is 26.3 Å². The summed E-state index contributed by atoms with van der Waals surface area (Å²) in [5, 5.41) is 0. The summed E-state index contributed by atoms with van der Waals surface area (Å²) in [5.41, 5.74) is -1.45. The van der Waals surface area contributed by atoms with E-state index in [0.29, 0.717) is 0 Å².